The van der Waals surface area contributed by atoms with Crippen LogP contribution in [0.15, 0.2) is 42.5 Å². The number of amides is 3. The molecular formula is C22H27ClN4O4. The summed E-state index contributed by atoms with van der Waals surface area (Å²) in [4.78, 5) is 25.1. The maximum Gasteiger partial charge on any atom is 0.328 e. The number of anilines is 2. The Kier molecular flexibility index (Phi) is 7.86. The average molecular weight is 447 g/mol. The number of hydrogen-bond donors (Lipinski definition) is 3. The van der Waals surface area contributed by atoms with E-state index in [1.54, 1.807) is 20.2 Å². The van der Waals surface area contributed by atoms with Crippen LogP contribution in [-0.2, 0) is 9.53 Å². The van der Waals surface area contributed by atoms with Crippen LogP contribution in [0.25, 0.3) is 11.1 Å². The first-order valence-corrected chi connectivity index (χ1v) is 10.4. The van der Waals surface area contributed by atoms with Crippen molar-refractivity contribution >= 4 is 34.9 Å². The lowest BCUT2D eigenvalue weighted by Crippen LogP contribution is -2.49. The van der Waals surface area contributed by atoms with E-state index in [4.69, 9.17) is 16.3 Å². The summed E-state index contributed by atoms with van der Waals surface area (Å²) in [6, 6.07) is 12.9. The summed E-state index contributed by atoms with van der Waals surface area (Å²) in [6.07, 6.45) is 0.957. The molecule has 1 atom stereocenters. The second-order valence-electron chi connectivity index (χ2n) is 7.44. The molecule has 31 heavy (non-hydrogen) atoms. The fraction of sp³-hybridized carbons (Fsp3) is 0.364. The molecule has 0 spiro atoms. The first kappa shape index (κ1) is 23.0. The Morgan fingerprint density at radius 3 is 2.65 bits per heavy atom. The predicted molar refractivity (Wildman–Crippen MR) is 121 cm³/mol. The summed E-state index contributed by atoms with van der Waals surface area (Å²) < 4.78 is 5.26. The van der Waals surface area contributed by atoms with Gasteiger partial charge in [0.1, 0.15) is 0 Å². The van der Waals surface area contributed by atoms with Gasteiger partial charge < -0.3 is 15.3 Å². The van der Waals surface area contributed by atoms with Crippen molar-refractivity contribution in [2.24, 2.45) is 0 Å². The number of urea groups is 1. The molecule has 0 radical (unpaired) electrons. The van der Waals surface area contributed by atoms with Crippen molar-refractivity contribution in [1.29, 1.82) is 0 Å². The molecule has 8 nitrogen and oxygen atoms in total. The highest BCUT2D eigenvalue weighted by molar-refractivity contribution is 6.36. The lowest BCUT2D eigenvalue weighted by molar-refractivity contribution is -0.120. The molecule has 2 aromatic rings. The molecule has 2 aromatic carbocycles. The van der Waals surface area contributed by atoms with Gasteiger partial charge in [0, 0.05) is 44.9 Å². The van der Waals surface area contributed by atoms with E-state index >= 15 is 0 Å². The number of benzene rings is 2. The second kappa shape index (κ2) is 10.6. The number of carbonyl (C=O) groups excluding carboxylic acids is 2. The number of ether oxygens (including phenoxy) is 1. The Morgan fingerprint density at radius 1 is 1.26 bits per heavy atom. The van der Waals surface area contributed by atoms with Gasteiger partial charge in [-0.05, 0) is 30.2 Å². The van der Waals surface area contributed by atoms with Crippen LogP contribution >= 0.6 is 11.6 Å². The van der Waals surface area contributed by atoms with Gasteiger partial charge in [-0.1, -0.05) is 35.9 Å². The number of nitrogens with zero attached hydrogens (tertiary/aromatic N) is 2. The summed E-state index contributed by atoms with van der Waals surface area (Å²) in [6.45, 7) is 1.33. The Bertz CT molecular complexity index is 920. The molecule has 3 amide bonds. The molecule has 0 aliphatic carbocycles. The Hall–Kier alpha value is -2.65. The first-order chi connectivity index (χ1) is 14.9. The molecule has 0 aromatic heterocycles. The van der Waals surface area contributed by atoms with Crippen molar-refractivity contribution in [2.75, 3.05) is 44.1 Å². The summed E-state index contributed by atoms with van der Waals surface area (Å²) in [5, 5.41) is 16.7. The van der Waals surface area contributed by atoms with Gasteiger partial charge in [0.25, 0.3) is 0 Å². The smallest absolute Gasteiger partial charge is 0.328 e. The van der Waals surface area contributed by atoms with Crippen molar-refractivity contribution in [3.8, 4) is 11.1 Å². The largest absolute Gasteiger partial charge is 0.383 e. The normalized spacial score (nSPS) is 15.2. The van der Waals surface area contributed by atoms with E-state index in [-0.39, 0.29) is 18.4 Å². The van der Waals surface area contributed by atoms with Crippen molar-refractivity contribution in [3.63, 3.8) is 0 Å². The molecule has 1 heterocycles. The molecule has 1 fully saturated rings. The third-order valence-corrected chi connectivity index (χ3v) is 5.46. The van der Waals surface area contributed by atoms with Gasteiger partial charge in [0.15, 0.2) is 0 Å². The Balaban J connectivity index is 1.76. The SMILES string of the molecule is COCC(CCN(C)O)Nc1ccc(-c2cccc(N3CCC(=O)NC3=O)c2Cl)cc1. The highest BCUT2D eigenvalue weighted by Crippen LogP contribution is 2.36. The molecule has 3 N–H and O–H groups in total. The molecule has 1 aliphatic rings. The van der Waals surface area contributed by atoms with Crippen LogP contribution in [0.2, 0.25) is 5.02 Å². The van der Waals surface area contributed by atoms with E-state index in [0.29, 0.717) is 30.4 Å². The first-order valence-electron chi connectivity index (χ1n) is 10.0. The fourth-order valence-corrected chi connectivity index (χ4v) is 3.81. The van der Waals surface area contributed by atoms with Gasteiger partial charge in [-0.2, -0.15) is 5.06 Å². The molecule has 166 valence electrons. The molecule has 1 saturated heterocycles. The van der Waals surface area contributed by atoms with Crippen molar-refractivity contribution in [3.05, 3.63) is 47.5 Å². The molecule has 0 saturated carbocycles. The van der Waals surface area contributed by atoms with Gasteiger partial charge in [0.2, 0.25) is 5.91 Å². The molecule has 1 unspecified atom stereocenters. The number of halogens is 1. The number of hydrogen-bond acceptors (Lipinski definition) is 6. The van der Waals surface area contributed by atoms with E-state index in [0.717, 1.165) is 28.3 Å². The van der Waals surface area contributed by atoms with E-state index in [1.165, 1.54) is 4.90 Å². The minimum Gasteiger partial charge on any atom is -0.383 e. The van der Waals surface area contributed by atoms with Gasteiger partial charge in [-0.15, -0.1) is 0 Å². The topological polar surface area (TPSA) is 94.1 Å². The van der Waals surface area contributed by atoms with Crippen molar-refractivity contribution in [1.82, 2.24) is 10.4 Å². The average Bonchev–Trinajstić information content (AvgIpc) is 2.73. The fourth-order valence-electron chi connectivity index (χ4n) is 3.47. The summed E-state index contributed by atoms with van der Waals surface area (Å²) >= 11 is 6.65. The Labute approximate surface area is 186 Å². The van der Waals surface area contributed by atoms with Crippen LogP contribution in [0, 0.1) is 0 Å². The van der Waals surface area contributed by atoms with E-state index < -0.39 is 6.03 Å². The second-order valence-corrected chi connectivity index (χ2v) is 7.82. The van der Waals surface area contributed by atoms with E-state index in [9.17, 15) is 14.8 Å². The zero-order valence-electron chi connectivity index (χ0n) is 17.6. The van der Waals surface area contributed by atoms with Crippen molar-refractivity contribution in [2.45, 2.75) is 18.9 Å². The number of methoxy groups -OCH3 is 1. The summed E-state index contributed by atoms with van der Waals surface area (Å²) in [5.74, 6) is -0.283. The van der Waals surface area contributed by atoms with Gasteiger partial charge in [-0.3, -0.25) is 15.0 Å². The van der Waals surface area contributed by atoms with Crippen LogP contribution in [0.4, 0.5) is 16.2 Å². The van der Waals surface area contributed by atoms with Crippen molar-refractivity contribution < 1.29 is 19.5 Å². The zero-order valence-corrected chi connectivity index (χ0v) is 18.4. The van der Waals surface area contributed by atoms with Crippen LogP contribution in [0.3, 0.4) is 0 Å². The third-order valence-electron chi connectivity index (χ3n) is 5.06. The standard InChI is InChI=1S/C22H27ClN4O4/c1-26(30)12-10-17(14-31-2)24-16-8-6-15(7-9-16)18-4-3-5-19(21(18)23)27-13-11-20(28)25-22(27)29/h3-9,17,24,30H,10-14H2,1-2H3,(H,25,28,29). The number of nitrogens with one attached hydrogen (secondary N) is 2. The monoisotopic (exact) mass is 446 g/mol. The molecule has 9 heteroatoms. The van der Waals surface area contributed by atoms with Gasteiger partial charge in [-0.25, -0.2) is 4.79 Å². The Morgan fingerprint density at radius 2 is 2.00 bits per heavy atom. The van der Waals surface area contributed by atoms with Gasteiger partial charge in [0.05, 0.1) is 23.4 Å². The molecular weight excluding hydrogens is 420 g/mol. The summed E-state index contributed by atoms with van der Waals surface area (Å²) in [7, 11) is 3.26. The maximum absolute atomic E-state index is 12.2. The van der Waals surface area contributed by atoms with Crippen LogP contribution in [0.1, 0.15) is 12.8 Å². The van der Waals surface area contributed by atoms with Gasteiger partial charge >= 0.3 is 6.03 Å². The summed E-state index contributed by atoms with van der Waals surface area (Å²) in [5.41, 5.74) is 3.20. The molecule has 1 aliphatic heterocycles. The number of hydroxylamine groups is 2. The molecule has 3 rings (SSSR count). The minimum absolute atomic E-state index is 0.0534. The van der Waals surface area contributed by atoms with E-state index in [2.05, 4.69) is 10.6 Å². The quantitative estimate of drug-likeness (QED) is 0.509. The van der Waals surface area contributed by atoms with Crippen LogP contribution in [0.5, 0.6) is 0 Å². The number of imide groups is 1. The maximum atomic E-state index is 12.2. The highest BCUT2D eigenvalue weighted by atomic mass is 35.5. The third kappa shape index (κ3) is 5.95. The highest BCUT2D eigenvalue weighted by Gasteiger charge is 2.26. The predicted octanol–water partition coefficient (Wildman–Crippen LogP) is 3.59. The zero-order chi connectivity index (χ0) is 22.4. The van der Waals surface area contributed by atoms with Crippen LogP contribution in [-0.4, -0.2) is 62.1 Å². The minimum atomic E-state index is -0.465. The number of carbonyl (C=O) groups is 2. The van der Waals surface area contributed by atoms with E-state index in [1.807, 2.05) is 36.4 Å². The lowest BCUT2D eigenvalue weighted by Gasteiger charge is -2.28. The lowest BCUT2D eigenvalue weighted by atomic mass is 10.0. The molecule has 0 bridgehead atoms. The number of rotatable bonds is 9. The van der Waals surface area contributed by atoms with Crippen LogP contribution < -0.4 is 15.5 Å².